The van der Waals surface area contributed by atoms with Crippen LogP contribution in [0.15, 0.2) is 60.4 Å². The van der Waals surface area contributed by atoms with Gasteiger partial charge in [-0.3, -0.25) is 19.4 Å². The lowest BCUT2D eigenvalue weighted by Gasteiger charge is -2.39. The number of pyridine rings is 1. The predicted octanol–water partition coefficient (Wildman–Crippen LogP) is 3.24. The van der Waals surface area contributed by atoms with Crippen LogP contribution in [-0.2, 0) is 4.79 Å². The Bertz CT molecular complexity index is 1330. The first-order chi connectivity index (χ1) is 16.0. The fourth-order valence-electron chi connectivity index (χ4n) is 4.20. The summed E-state index contributed by atoms with van der Waals surface area (Å²) in [5.41, 5.74) is 2.25. The molecule has 0 aliphatic carbocycles. The van der Waals surface area contributed by atoms with Gasteiger partial charge in [0, 0.05) is 60.6 Å². The van der Waals surface area contributed by atoms with Crippen LogP contribution < -0.4 is 0 Å². The molecule has 0 radical (unpaired) electrons. The number of nitrogens with zero attached hydrogens (tertiary/aromatic N) is 4. The standard InChI is InChI=1S/C24H21N5O3S/c1-15-14-28(23(31)16-5-3-2-4-6-16)10-11-29(15)24(32)21(30)18-13-27-19-17(18)7-8-25-20(19)22-26-9-12-33-22/h2-9,12-13,15,27H,10-11,14H2,1H3/t15-/m1/s1. The van der Waals surface area contributed by atoms with Gasteiger partial charge >= 0.3 is 0 Å². The molecule has 5 rings (SSSR count). The molecule has 1 fully saturated rings. The summed E-state index contributed by atoms with van der Waals surface area (Å²) < 4.78 is 0. The van der Waals surface area contributed by atoms with E-state index in [4.69, 9.17) is 0 Å². The number of benzene rings is 1. The van der Waals surface area contributed by atoms with Crippen LogP contribution in [0.5, 0.6) is 0 Å². The number of ketones is 1. The minimum atomic E-state index is -0.577. The van der Waals surface area contributed by atoms with Gasteiger partial charge in [-0.2, -0.15) is 0 Å². The molecule has 8 nitrogen and oxygen atoms in total. The number of carbonyl (C=O) groups excluding carboxylic acids is 3. The van der Waals surface area contributed by atoms with E-state index < -0.39 is 11.7 Å². The first-order valence-corrected chi connectivity index (χ1v) is 11.5. The smallest absolute Gasteiger partial charge is 0.295 e. The maximum atomic E-state index is 13.2. The molecule has 2 amide bonds. The van der Waals surface area contributed by atoms with Gasteiger partial charge in [0.25, 0.3) is 17.6 Å². The molecule has 1 aromatic carbocycles. The van der Waals surface area contributed by atoms with Gasteiger partial charge in [-0.05, 0) is 25.1 Å². The van der Waals surface area contributed by atoms with E-state index >= 15 is 0 Å². The van der Waals surface area contributed by atoms with Crippen molar-refractivity contribution in [2.45, 2.75) is 13.0 Å². The summed E-state index contributed by atoms with van der Waals surface area (Å²) in [6.45, 7) is 2.91. The number of aromatic nitrogens is 3. The van der Waals surface area contributed by atoms with Gasteiger partial charge in [-0.25, -0.2) is 4.98 Å². The summed E-state index contributed by atoms with van der Waals surface area (Å²) in [5.74, 6) is -1.21. The van der Waals surface area contributed by atoms with Crippen molar-refractivity contribution in [3.63, 3.8) is 0 Å². The summed E-state index contributed by atoms with van der Waals surface area (Å²) >= 11 is 1.45. The van der Waals surface area contributed by atoms with Crippen molar-refractivity contribution >= 4 is 39.8 Å². The number of fused-ring (bicyclic) bond motifs is 1. The molecule has 1 atom stereocenters. The maximum Gasteiger partial charge on any atom is 0.295 e. The molecule has 0 unspecified atom stereocenters. The number of amides is 2. The molecule has 1 saturated heterocycles. The van der Waals surface area contributed by atoms with Crippen LogP contribution in [0.1, 0.15) is 27.6 Å². The minimum absolute atomic E-state index is 0.0697. The molecule has 0 bridgehead atoms. The van der Waals surface area contributed by atoms with E-state index in [0.29, 0.717) is 47.4 Å². The Morgan fingerprint density at radius 1 is 1.06 bits per heavy atom. The van der Waals surface area contributed by atoms with Gasteiger partial charge in [0.15, 0.2) is 0 Å². The van der Waals surface area contributed by atoms with Gasteiger partial charge in [-0.1, -0.05) is 18.2 Å². The van der Waals surface area contributed by atoms with Crippen LogP contribution in [0.2, 0.25) is 0 Å². The molecule has 166 valence electrons. The van der Waals surface area contributed by atoms with E-state index in [-0.39, 0.29) is 11.9 Å². The Labute approximate surface area is 193 Å². The third kappa shape index (κ3) is 3.80. The summed E-state index contributed by atoms with van der Waals surface area (Å²) in [7, 11) is 0. The summed E-state index contributed by atoms with van der Waals surface area (Å²) in [6, 6.07) is 10.5. The lowest BCUT2D eigenvalue weighted by Crippen LogP contribution is -2.56. The molecule has 3 aromatic heterocycles. The van der Waals surface area contributed by atoms with Crippen molar-refractivity contribution in [3.05, 3.63) is 71.5 Å². The van der Waals surface area contributed by atoms with Gasteiger partial charge in [-0.15, -0.1) is 11.3 Å². The Balaban J connectivity index is 1.34. The fraction of sp³-hybridized carbons (Fsp3) is 0.208. The van der Waals surface area contributed by atoms with Gasteiger partial charge < -0.3 is 14.8 Å². The highest BCUT2D eigenvalue weighted by molar-refractivity contribution is 7.13. The van der Waals surface area contributed by atoms with Crippen LogP contribution in [0, 0.1) is 0 Å². The highest BCUT2D eigenvalue weighted by atomic mass is 32.1. The van der Waals surface area contributed by atoms with E-state index in [1.165, 1.54) is 11.3 Å². The Kier molecular flexibility index (Phi) is 5.47. The summed E-state index contributed by atoms with van der Waals surface area (Å²) in [5, 5.41) is 3.23. The zero-order valence-corrected chi connectivity index (χ0v) is 18.7. The number of hydrogen-bond donors (Lipinski definition) is 1. The molecule has 0 spiro atoms. The zero-order chi connectivity index (χ0) is 22.9. The van der Waals surface area contributed by atoms with Gasteiger partial charge in [0.2, 0.25) is 0 Å². The van der Waals surface area contributed by atoms with Crippen molar-refractivity contribution in [1.82, 2.24) is 24.8 Å². The molecule has 1 N–H and O–H groups in total. The van der Waals surface area contributed by atoms with Crippen LogP contribution in [-0.4, -0.2) is 68.0 Å². The maximum absolute atomic E-state index is 13.2. The van der Waals surface area contributed by atoms with E-state index in [2.05, 4.69) is 15.0 Å². The van der Waals surface area contributed by atoms with Crippen LogP contribution in [0.4, 0.5) is 0 Å². The number of thiazole rings is 1. The highest BCUT2D eigenvalue weighted by Crippen LogP contribution is 2.29. The zero-order valence-electron chi connectivity index (χ0n) is 17.9. The normalized spacial score (nSPS) is 16.2. The SMILES string of the molecule is C[C@@H]1CN(C(=O)c2ccccc2)CCN1C(=O)C(=O)c1c[nH]c2c(-c3nccs3)nccc12. The molecule has 4 heterocycles. The molecule has 33 heavy (non-hydrogen) atoms. The van der Waals surface area contributed by atoms with Crippen LogP contribution >= 0.6 is 11.3 Å². The molecule has 0 saturated carbocycles. The third-order valence-corrected chi connectivity index (χ3v) is 6.65. The monoisotopic (exact) mass is 459 g/mol. The summed E-state index contributed by atoms with van der Waals surface area (Å²) in [4.78, 5) is 54.1. The minimum Gasteiger partial charge on any atom is -0.359 e. The second kappa shape index (κ2) is 8.59. The largest absolute Gasteiger partial charge is 0.359 e. The fourth-order valence-corrected chi connectivity index (χ4v) is 4.84. The third-order valence-electron chi connectivity index (χ3n) is 5.87. The number of rotatable bonds is 4. The molecular weight excluding hydrogens is 438 g/mol. The second-order valence-corrected chi connectivity index (χ2v) is 8.81. The van der Waals surface area contributed by atoms with Gasteiger partial charge in [0.05, 0.1) is 11.1 Å². The lowest BCUT2D eigenvalue weighted by molar-refractivity contribution is -0.130. The molecule has 1 aliphatic rings. The Hall–Kier alpha value is -3.85. The number of Topliss-reactive ketones (excluding diaryl/α,β-unsaturated/α-hetero) is 1. The molecular formula is C24H21N5O3S. The average Bonchev–Trinajstić information content (AvgIpc) is 3.53. The number of carbonyl (C=O) groups is 3. The Morgan fingerprint density at radius 2 is 1.88 bits per heavy atom. The van der Waals surface area contributed by atoms with Crippen molar-refractivity contribution in [3.8, 4) is 10.7 Å². The number of H-pyrrole nitrogens is 1. The Morgan fingerprint density at radius 3 is 2.61 bits per heavy atom. The molecule has 1 aliphatic heterocycles. The van der Waals surface area contributed by atoms with E-state index in [1.54, 1.807) is 46.6 Å². The molecule has 9 heteroatoms. The van der Waals surface area contributed by atoms with Crippen LogP contribution in [0.3, 0.4) is 0 Å². The molecule has 4 aromatic rings. The predicted molar refractivity (Wildman–Crippen MR) is 125 cm³/mol. The number of piperazine rings is 1. The van der Waals surface area contributed by atoms with E-state index in [0.717, 1.165) is 5.01 Å². The first kappa shape index (κ1) is 21.0. The van der Waals surface area contributed by atoms with Crippen molar-refractivity contribution in [2.24, 2.45) is 0 Å². The summed E-state index contributed by atoms with van der Waals surface area (Å²) in [6.07, 6.45) is 4.87. The topological polar surface area (TPSA) is 99.3 Å². The second-order valence-electron chi connectivity index (χ2n) is 7.92. The lowest BCUT2D eigenvalue weighted by atomic mass is 10.1. The quantitative estimate of drug-likeness (QED) is 0.373. The average molecular weight is 460 g/mol. The van der Waals surface area contributed by atoms with Crippen molar-refractivity contribution in [1.29, 1.82) is 0 Å². The number of aromatic amines is 1. The van der Waals surface area contributed by atoms with Crippen LogP contribution in [0.25, 0.3) is 21.6 Å². The number of nitrogens with one attached hydrogen (secondary N) is 1. The van der Waals surface area contributed by atoms with Gasteiger partial charge in [0.1, 0.15) is 10.7 Å². The first-order valence-electron chi connectivity index (χ1n) is 10.6. The van der Waals surface area contributed by atoms with Crippen molar-refractivity contribution < 1.29 is 14.4 Å². The number of hydrogen-bond acceptors (Lipinski definition) is 6. The van der Waals surface area contributed by atoms with Crippen molar-refractivity contribution in [2.75, 3.05) is 19.6 Å². The highest BCUT2D eigenvalue weighted by Gasteiger charge is 2.34. The van der Waals surface area contributed by atoms with E-state index in [9.17, 15) is 14.4 Å². The van der Waals surface area contributed by atoms with E-state index in [1.807, 2.05) is 30.5 Å².